The second kappa shape index (κ2) is 5.30. The van der Waals surface area contributed by atoms with Gasteiger partial charge in [0.05, 0.1) is 12.1 Å². The summed E-state index contributed by atoms with van der Waals surface area (Å²) in [5, 5.41) is 17.9. The molecule has 3 nitrogen and oxygen atoms in total. The molecule has 1 unspecified atom stereocenters. The van der Waals surface area contributed by atoms with Gasteiger partial charge in [-0.25, -0.2) is 0 Å². The molecular weight excluding hydrogens is 224 g/mol. The van der Waals surface area contributed by atoms with Gasteiger partial charge < -0.3 is 0 Å². The van der Waals surface area contributed by atoms with Gasteiger partial charge in [-0.15, -0.1) is 0 Å². The van der Waals surface area contributed by atoms with Crippen molar-refractivity contribution in [2.24, 2.45) is 11.8 Å². The van der Waals surface area contributed by atoms with E-state index in [1.807, 2.05) is 0 Å². The van der Waals surface area contributed by atoms with Crippen LogP contribution in [0.1, 0.15) is 17.3 Å². The number of Topliss-reactive ketones (excluding diaryl/α,β-unsaturated/α-hetero) is 1. The molecule has 0 radical (unpaired) electrons. The van der Waals surface area contributed by atoms with Gasteiger partial charge >= 0.3 is 0 Å². The molecule has 0 saturated carbocycles. The molecule has 0 saturated heterocycles. The standard InChI is InChI=1S/C12H9ClN2O/c1-8(10(6-14)7-15)12(16)9-2-4-11(13)5-3-9/h2-5,8,10H,1H3. The van der Waals surface area contributed by atoms with Crippen LogP contribution < -0.4 is 0 Å². The number of benzene rings is 1. The predicted molar refractivity (Wildman–Crippen MR) is 59.7 cm³/mol. The van der Waals surface area contributed by atoms with Crippen LogP contribution in [-0.4, -0.2) is 5.78 Å². The fourth-order valence-corrected chi connectivity index (χ4v) is 1.41. The van der Waals surface area contributed by atoms with Crippen LogP contribution in [0.15, 0.2) is 24.3 Å². The van der Waals surface area contributed by atoms with E-state index in [1.54, 1.807) is 43.3 Å². The first kappa shape index (κ1) is 12.2. The number of hydrogen-bond acceptors (Lipinski definition) is 3. The number of carbonyl (C=O) groups is 1. The Balaban J connectivity index is 2.92. The van der Waals surface area contributed by atoms with Crippen LogP contribution in [0.25, 0.3) is 0 Å². The number of ketones is 1. The summed E-state index contributed by atoms with van der Waals surface area (Å²) in [7, 11) is 0. The number of rotatable bonds is 3. The molecule has 0 amide bonds. The summed E-state index contributed by atoms with van der Waals surface area (Å²) in [6, 6.07) is 10.0. The molecule has 1 aromatic rings. The largest absolute Gasteiger partial charge is 0.294 e. The zero-order valence-electron chi connectivity index (χ0n) is 8.64. The molecule has 1 rings (SSSR count). The van der Waals surface area contributed by atoms with Crippen LogP contribution >= 0.6 is 11.6 Å². The van der Waals surface area contributed by atoms with Gasteiger partial charge in [-0.1, -0.05) is 18.5 Å². The summed E-state index contributed by atoms with van der Waals surface area (Å²) in [4.78, 5) is 11.9. The minimum Gasteiger partial charge on any atom is -0.294 e. The van der Waals surface area contributed by atoms with Crippen molar-refractivity contribution < 1.29 is 4.79 Å². The predicted octanol–water partition coefficient (Wildman–Crippen LogP) is 2.82. The van der Waals surface area contributed by atoms with Crippen molar-refractivity contribution >= 4 is 17.4 Å². The van der Waals surface area contributed by atoms with Gasteiger partial charge in [-0.2, -0.15) is 10.5 Å². The van der Waals surface area contributed by atoms with E-state index in [0.717, 1.165) is 0 Å². The molecule has 0 N–H and O–H groups in total. The molecule has 0 aliphatic heterocycles. The van der Waals surface area contributed by atoms with E-state index in [2.05, 4.69) is 0 Å². The highest BCUT2D eigenvalue weighted by atomic mass is 35.5. The number of halogens is 1. The molecule has 4 heteroatoms. The minimum atomic E-state index is -0.914. The van der Waals surface area contributed by atoms with Crippen molar-refractivity contribution in [1.29, 1.82) is 10.5 Å². The Kier molecular flexibility index (Phi) is 4.05. The average Bonchev–Trinajstić information content (AvgIpc) is 2.30. The normalized spacial score (nSPS) is 11.6. The maximum absolute atomic E-state index is 11.9. The van der Waals surface area contributed by atoms with Gasteiger partial charge in [0.15, 0.2) is 5.78 Å². The highest BCUT2D eigenvalue weighted by molar-refractivity contribution is 6.30. The lowest BCUT2D eigenvalue weighted by molar-refractivity contribution is 0.0917. The van der Waals surface area contributed by atoms with Crippen LogP contribution in [0.2, 0.25) is 5.02 Å². The fraction of sp³-hybridized carbons (Fsp3) is 0.250. The topological polar surface area (TPSA) is 64.7 Å². The third-order valence-corrected chi connectivity index (χ3v) is 2.57. The number of nitrogens with zero attached hydrogens (tertiary/aromatic N) is 2. The first-order valence-electron chi connectivity index (χ1n) is 4.69. The lowest BCUT2D eigenvalue weighted by Gasteiger charge is -2.10. The Labute approximate surface area is 98.9 Å². The van der Waals surface area contributed by atoms with Gasteiger partial charge in [0.25, 0.3) is 0 Å². The summed E-state index contributed by atoms with van der Waals surface area (Å²) in [5.41, 5.74) is 0.465. The van der Waals surface area contributed by atoms with Gasteiger partial charge in [0, 0.05) is 16.5 Å². The summed E-state index contributed by atoms with van der Waals surface area (Å²) >= 11 is 5.70. The molecular formula is C12H9ClN2O. The second-order valence-corrected chi connectivity index (χ2v) is 3.83. The molecule has 0 heterocycles. The Bertz CT molecular complexity index is 453. The van der Waals surface area contributed by atoms with Gasteiger partial charge in [-0.3, -0.25) is 4.79 Å². The van der Waals surface area contributed by atoms with E-state index in [0.29, 0.717) is 10.6 Å². The van der Waals surface area contributed by atoms with Crippen molar-refractivity contribution in [3.05, 3.63) is 34.9 Å². The van der Waals surface area contributed by atoms with E-state index in [1.165, 1.54) is 0 Å². The van der Waals surface area contributed by atoms with Gasteiger partial charge in [0.2, 0.25) is 0 Å². The molecule has 0 aromatic heterocycles. The molecule has 0 spiro atoms. The van der Waals surface area contributed by atoms with Crippen LogP contribution in [0.3, 0.4) is 0 Å². The summed E-state index contributed by atoms with van der Waals surface area (Å²) in [6.45, 7) is 1.58. The van der Waals surface area contributed by atoms with E-state index < -0.39 is 11.8 Å². The summed E-state index contributed by atoms with van der Waals surface area (Å²) in [6.07, 6.45) is 0. The Morgan fingerprint density at radius 1 is 1.25 bits per heavy atom. The lowest BCUT2D eigenvalue weighted by atomic mass is 9.89. The van der Waals surface area contributed by atoms with Crippen LogP contribution in [0.5, 0.6) is 0 Å². The lowest BCUT2D eigenvalue weighted by Crippen LogP contribution is -2.18. The SMILES string of the molecule is CC(C(=O)c1ccc(Cl)cc1)C(C#N)C#N. The number of carbonyl (C=O) groups excluding carboxylic acids is 1. The molecule has 1 aromatic carbocycles. The molecule has 80 valence electrons. The number of hydrogen-bond donors (Lipinski definition) is 0. The molecule has 0 bridgehead atoms. The van der Waals surface area contributed by atoms with Crippen molar-refractivity contribution in [2.45, 2.75) is 6.92 Å². The zero-order valence-corrected chi connectivity index (χ0v) is 9.40. The Morgan fingerprint density at radius 2 is 1.75 bits per heavy atom. The molecule has 1 atom stereocenters. The third kappa shape index (κ3) is 2.59. The highest BCUT2D eigenvalue weighted by Gasteiger charge is 2.24. The smallest absolute Gasteiger partial charge is 0.168 e. The summed E-state index contributed by atoms with van der Waals surface area (Å²) < 4.78 is 0. The van der Waals surface area contributed by atoms with Gasteiger partial charge in [0.1, 0.15) is 5.92 Å². The Hall–Kier alpha value is -1.84. The van der Waals surface area contributed by atoms with E-state index in [9.17, 15) is 4.79 Å². The molecule has 16 heavy (non-hydrogen) atoms. The average molecular weight is 233 g/mol. The molecule has 0 aliphatic carbocycles. The third-order valence-electron chi connectivity index (χ3n) is 2.32. The van der Waals surface area contributed by atoms with Crippen molar-refractivity contribution in [3.63, 3.8) is 0 Å². The van der Waals surface area contributed by atoms with Crippen molar-refractivity contribution in [1.82, 2.24) is 0 Å². The Morgan fingerprint density at radius 3 is 2.19 bits per heavy atom. The second-order valence-electron chi connectivity index (χ2n) is 3.40. The first-order chi connectivity index (χ1) is 7.60. The highest BCUT2D eigenvalue weighted by Crippen LogP contribution is 2.18. The number of nitriles is 2. The van der Waals surface area contributed by atoms with Crippen molar-refractivity contribution in [3.8, 4) is 12.1 Å². The maximum atomic E-state index is 11.9. The van der Waals surface area contributed by atoms with Crippen molar-refractivity contribution in [2.75, 3.05) is 0 Å². The molecule has 0 aliphatic rings. The monoisotopic (exact) mass is 232 g/mol. The minimum absolute atomic E-state index is 0.218. The molecule has 0 fully saturated rings. The van der Waals surface area contributed by atoms with E-state index in [4.69, 9.17) is 22.1 Å². The zero-order chi connectivity index (χ0) is 12.1. The van der Waals surface area contributed by atoms with E-state index in [-0.39, 0.29) is 5.78 Å². The quantitative estimate of drug-likeness (QED) is 0.753. The van der Waals surface area contributed by atoms with E-state index >= 15 is 0 Å². The van der Waals surface area contributed by atoms with Crippen LogP contribution in [0, 0.1) is 34.5 Å². The fourth-order valence-electron chi connectivity index (χ4n) is 1.28. The van der Waals surface area contributed by atoms with Crippen LogP contribution in [0.4, 0.5) is 0 Å². The summed E-state index contributed by atoms with van der Waals surface area (Å²) in [5.74, 6) is -1.76. The first-order valence-corrected chi connectivity index (χ1v) is 5.07. The maximum Gasteiger partial charge on any atom is 0.168 e. The van der Waals surface area contributed by atoms with Gasteiger partial charge in [-0.05, 0) is 24.3 Å². The van der Waals surface area contributed by atoms with Crippen LogP contribution in [-0.2, 0) is 0 Å².